The molecule has 0 saturated carbocycles. The zero-order valence-electron chi connectivity index (χ0n) is 11.3. The van der Waals surface area contributed by atoms with Crippen LogP contribution in [0.3, 0.4) is 0 Å². The first kappa shape index (κ1) is 14.4. The van der Waals surface area contributed by atoms with Gasteiger partial charge in [0.2, 0.25) is 5.95 Å². The number of fused-ring (bicyclic) bond motifs is 1. The maximum Gasteiger partial charge on any atom is 0.278 e. The summed E-state index contributed by atoms with van der Waals surface area (Å²) in [5.74, 6) is 0.389. The second-order valence-electron chi connectivity index (χ2n) is 5.16. The van der Waals surface area contributed by atoms with Crippen LogP contribution in [0.15, 0.2) is 4.79 Å². The smallest absolute Gasteiger partial charge is 0.278 e. The molecule has 0 spiro atoms. The first-order valence-electron chi connectivity index (χ1n) is 6.44. The van der Waals surface area contributed by atoms with Gasteiger partial charge in [-0.15, -0.1) is 0 Å². The Hall–Kier alpha value is -1.49. The van der Waals surface area contributed by atoms with E-state index in [0.717, 1.165) is 0 Å². The summed E-state index contributed by atoms with van der Waals surface area (Å²) in [6.07, 6.45) is -2.24. The third kappa shape index (κ3) is 2.14. The van der Waals surface area contributed by atoms with Gasteiger partial charge in [0.1, 0.15) is 18.0 Å². The number of hydrogen-bond donors (Lipinski definition) is 5. The summed E-state index contributed by atoms with van der Waals surface area (Å²) in [6, 6.07) is 0. The van der Waals surface area contributed by atoms with Crippen molar-refractivity contribution in [1.29, 1.82) is 0 Å². The van der Waals surface area contributed by atoms with Crippen LogP contribution in [0.2, 0.25) is 0 Å². The molecule has 0 amide bonds. The maximum atomic E-state index is 12.0. The fourth-order valence-electron chi connectivity index (χ4n) is 2.72. The molecular weight excluding hydrogens is 298 g/mol. The summed E-state index contributed by atoms with van der Waals surface area (Å²) in [5.41, 5.74) is 5.64. The lowest BCUT2D eigenvalue weighted by Gasteiger charge is -2.27. The van der Waals surface area contributed by atoms with Crippen LogP contribution in [0, 0.1) is 0 Å². The van der Waals surface area contributed by atoms with E-state index < -0.39 is 23.7 Å². The molecule has 0 bridgehead atoms. The van der Waals surface area contributed by atoms with Crippen molar-refractivity contribution in [1.82, 2.24) is 9.97 Å². The fourth-order valence-corrected chi connectivity index (χ4v) is 3.14. The molecule has 9 nitrogen and oxygen atoms in total. The minimum atomic E-state index is -0.906. The molecule has 0 radical (unpaired) electrons. The third-order valence-electron chi connectivity index (χ3n) is 3.74. The second kappa shape index (κ2) is 5.05. The number of nitrogens with two attached hydrogens (primary N) is 1. The van der Waals surface area contributed by atoms with Crippen LogP contribution in [-0.2, 0) is 4.74 Å². The SMILES string of the molecule is CN1CN([C@@H]2O[C@H](CO)[C@@H](O)[C@H]2S)c2nc(N)[nH]c(=O)c21. The molecule has 0 aromatic carbocycles. The van der Waals surface area contributed by atoms with Crippen LogP contribution < -0.4 is 21.1 Å². The second-order valence-corrected chi connectivity index (χ2v) is 5.76. The molecule has 1 saturated heterocycles. The lowest BCUT2D eigenvalue weighted by molar-refractivity contribution is -0.0220. The first-order chi connectivity index (χ1) is 9.93. The average Bonchev–Trinajstić information content (AvgIpc) is 2.89. The van der Waals surface area contributed by atoms with Crippen molar-refractivity contribution in [2.45, 2.75) is 23.7 Å². The van der Waals surface area contributed by atoms with Gasteiger partial charge in [0.25, 0.3) is 5.56 Å². The summed E-state index contributed by atoms with van der Waals surface area (Å²) in [4.78, 5) is 22.0. The number of aliphatic hydroxyl groups excluding tert-OH is 2. The molecule has 21 heavy (non-hydrogen) atoms. The number of rotatable bonds is 2. The summed E-state index contributed by atoms with van der Waals surface area (Å²) < 4.78 is 5.63. The van der Waals surface area contributed by atoms with E-state index in [1.807, 2.05) is 0 Å². The number of ether oxygens (including phenoxy) is 1. The quantitative estimate of drug-likeness (QED) is 0.394. The standard InChI is InChI=1S/C11H17N5O4S/c1-15-3-16(8-5(15)9(19)14-11(12)13-8)10-7(21)6(18)4(2-17)20-10/h4,6-7,10,17-18,21H,2-3H2,1H3,(H3,12,13,14,19)/t4-,6-,7-,10-/m1/s1. The summed E-state index contributed by atoms with van der Waals surface area (Å²) in [5, 5.41) is 18.7. The molecule has 3 heterocycles. The van der Waals surface area contributed by atoms with Crippen LogP contribution in [0.4, 0.5) is 17.5 Å². The van der Waals surface area contributed by atoms with Gasteiger partial charge < -0.3 is 30.5 Å². The number of anilines is 3. The Morgan fingerprint density at radius 2 is 2.33 bits per heavy atom. The molecule has 116 valence electrons. The van der Waals surface area contributed by atoms with E-state index in [4.69, 9.17) is 10.5 Å². The molecular formula is C11H17N5O4S. The van der Waals surface area contributed by atoms with Crippen LogP contribution in [0.5, 0.6) is 0 Å². The Labute approximate surface area is 125 Å². The van der Waals surface area contributed by atoms with Gasteiger partial charge >= 0.3 is 0 Å². The average molecular weight is 315 g/mol. The zero-order chi connectivity index (χ0) is 15.3. The van der Waals surface area contributed by atoms with Gasteiger partial charge in [-0.3, -0.25) is 9.78 Å². The summed E-state index contributed by atoms with van der Waals surface area (Å²) in [6.45, 7) is 0.0394. The van der Waals surface area contributed by atoms with E-state index in [1.165, 1.54) is 0 Å². The Kier molecular flexibility index (Phi) is 3.48. The van der Waals surface area contributed by atoms with Gasteiger partial charge in [-0.1, -0.05) is 0 Å². The van der Waals surface area contributed by atoms with Crippen molar-refractivity contribution in [3.63, 3.8) is 0 Å². The number of aliphatic hydroxyl groups is 2. The van der Waals surface area contributed by atoms with Crippen LogP contribution in [-0.4, -0.2) is 64.2 Å². The first-order valence-corrected chi connectivity index (χ1v) is 6.95. The monoisotopic (exact) mass is 315 g/mol. The highest BCUT2D eigenvalue weighted by molar-refractivity contribution is 7.81. The van der Waals surface area contributed by atoms with E-state index in [-0.39, 0.29) is 18.1 Å². The highest BCUT2D eigenvalue weighted by Crippen LogP contribution is 2.37. The molecule has 5 N–H and O–H groups in total. The Balaban J connectivity index is 1.99. The highest BCUT2D eigenvalue weighted by atomic mass is 32.1. The maximum absolute atomic E-state index is 12.0. The number of nitrogen functional groups attached to an aromatic ring is 1. The third-order valence-corrected chi connectivity index (χ3v) is 4.30. The van der Waals surface area contributed by atoms with Gasteiger partial charge in [0.05, 0.1) is 24.6 Å². The molecule has 1 fully saturated rings. The Morgan fingerprint density at radius 3 is 2.95 bits per heavy atom. The molecule has 4 atom stereocenters. The number of nitrogens with one attached hydrogen (secondary N) is 1. The van der Waals surface area contributed by atoms with E-state index in [0.29, 0.717) is 18.2 Å². The van der Waals surface area contributed by atoms with Gasteiger partial charge in [-0.05, 0) is 0 Å². The van der Waals surface area contributed by atoms with E-state index in [9.17, 15) is 15.0 Å². The van der Waals surface area contributed by atoms with Crippen molar-refractivity contribution < 1.29 is 14.9 Å². The number of thiol groups is 1. The van der Waals surface area contributed by atoms with Gasteiger partial charge in [-0.25, -0.2) is 0 Å². The topological polar surface area (TPSA) is 128 Å². The molecule has 0 aliphatic carbocycles. The van der Waals surface area contributed by atoms with Gasteiger partial charge in [-0.2, -0.15) is 17.6 Å². The molecule has 10 heteroatoms. The number of aromatic amines is 1. The lowest BCUT2D eigenvalue weighted by atomic mass is 10.2. The Morgan fingerprint density at radius 1 is 1.62 bits per heavy atom. The van der Waals surface area contributed by atoms with Crippen LogP contribution >= 0.6 is 12.6 Å². The minimum Gasteiger partial charge on any atom is -0.394 e. The predicted octanol–water partition coefficient (Wildman–Crippen LogP) is -2.06. The van der Waals surface area contributed by atoms with Crippen molar-refractivity contribution in [2.24, 2.45) is 0 Å². The van der Waals surface area contributed by atoms with E-state index in [2.05, 4.69) is 22.6 Å². The predicted molar refractivity (Wildman–Crippen MR) is 79.5 cm³/mol. The van der Waals surface area contributed by atoms with E-state index in [1.54, 1.807) is 16.8 Å². The van der Waals surface area contributed by atoms with Gasteiger partial charge in [0, 0.05) is 7.05 Å². The largest absolute Gasteiger partial charge is 0.394 e. The zero-order valence-corrected chi connectivity index (χ0v) is 12.2. The normalized spacial score (nSPS) is 31.8. The van der Waals surface area contributed by atoms with E-state index >= 15 is 0 Å². The molecule has 2 aliphatic rings. The van der Waals surface area contributed by atoms with Crippen molar-refractivity contribution >= 4 is 30.1 Å². The number of nitrogens with zero attached hydrogens (tertiary/aromatic N) is 3. The van der Waals surface area contributed by atoms with Crippen molar-refractivity contribution in [2.75, 3.05) is 35.9 Å². The lowest BCUT2D eigenvalue weighted by Crippen LogP contribution is -2.43. The van der Waals surface area contributed by atoms with Crippen molar-refractivity contribution in [3.8, 4) is 0 Å². The number of hydrogen-bond acceptors (Lipinski definition) is 9. The fraction of sp³-hybridized carbons (Fsp3) is 0.636. The summed E-state index contributed by atoms with van der Waals surface area (Å²) in [7, 11) is 1.74. The van der Waals surface area contributed by atoms with Crippen LogP contribution in [0.1, 0.15) is 0 Å². The Bertz CT molecular complexity index is 611. The molecule has 1 aromatic rings. The number of H-pyrrole nitrogens is 1. The summed E-state index contributed by atoms with van der Waals surface area (Å²) >= 11 is 4.35. The molecule has 3 rings (SSSR count). The molecule has 0 unspecified atom stereocenters. The van der Waals surface area contributed by atoms with Crippen molar-refractivity contribution in [3.05, 3.63) is 10.4 Å². The van der Waals surface area contributed by atoms with Crippen LogP contribution in [0.25, 0.3) is 0 Å². The molecule has 1 aromatic heterocycles. The minimum absolute atomic E-state index is 0.00650. The number of aromatic nitrogens is 2. The molecule has 2 aliphatic heterocycles. The van der Waals surface area contributed by atoms with Gasteiger partial charge in [0.15, 0.2) is 5.82 Å². The highest BCUT2D eigenvalue weighted by Gasteiger charge is 2.47.